The first-order valence-electron chi connectivity index (χ1n) is 6.48. The summed E-state index contributed by atoms with van der Waals surface area (Å²) in [5.41, 5.74) is 1.01. The summed E-state index contributed by atoms with van der Waals surface area (Å²) in [5.74, 6) is -0.116. The highest BCUT2D eigenvalue weighted by Gasteiger charge is 2.33. The highest BCUT2D eigenvalue weighted by atomic mass is 79.9. The molecular formula is C13H15BrN4O2. The van der Waals surface area contributed by atoms with E-state index in [-0.39, 0.29) is 11.4 Å². The fourth-order valence-corrected chi connectivity index (χ4v) is 3.07. The summed E-state index contributed by atoms with van der Waals surface area (Å²) < 4.78 is 7.02. The third-order valence-corrected chi connectivity index (χ3v) is 4.73. The van der Waals surface area contributed by atoms with Crippen molar-refractivity contribution >= 4 is 27.4 Å². The van der Waals surface area contributed by atoms with Crippen molar-refractivity contribution in [1.82, 2.24) is 19.9 Å². The summed E-state index contributed by atoms with van der Waals surface area (Å²) in [6.07, 6.45) is 8.20. The van der Waals surface area contributed by atoms with E-state index in [1.165, 1.54) is 0 Å². The van der Waals surface area contributed by atoms with E-state index in [0.717, 1.165) is 12.8 Å². The molecule has 6 nitrogen and oxygen atoms in total. The largest absolute Gasteiger partial charge is 0.381 e. The van der Waals surface area contributed by atoms with E-state index in [9.17, 15) is 4.79 Å². The number of rotatable bonds is 3. The molecular weight excluding hydrogens is 324 g/mol. The Hall–Kier alpha value is -1.47. The van der Waals surface area contributed by atoms with Crippen LogP contribution >= 0.6 is 15.9 Å². The number of hydrogen-bond donors (Lipinski definition) is 1. The molecule has 1 saturated heterocycles. The van der Waals surface area contributed by atoms with Gasteiger partial charge in [0.2, 0.25) is 0 Å². The number of amides is 1. The van der Waals surface area contributed by atoms with E-state index in [4.69, 9.17) is 4.74 Å². The first kappa shape index (κ1) is 13.5. The summed E-state index contributed by atoms with van der Waals surface area (Å²) in [6.45, 7) is 1.34. The molecule has 1 aliphatic rings. The van der Waals surface area contributed by atoms with E-state index in [1.54, 1.807) is 29.3 Å². The van der Waals surface area contributed by atoms with E-state index in [0.29, 0.717) is 29.6 Å². The monoisotopic (exact) mass is 338 g/mol. The van der Waals surface area contributed by atoms with Crippen LogP contribution in [0.2, 0.25) is 0 Å². The lowest BCUT2D eigenvalue weighted by atomic mass is 9.92. The van der Waals surface area contributed by atoms with Gasteiger partial charge in [-0.1, -0.05) is 15.9 Å². The van der Waals surface area contributed by atoms with Gasteiger partial charge in [-0.15, -0.1) is 0 Å². The third-order valence-electron chi connectivity index (χ3n) is 3.65. The standard InChI is InChI=1S/C13H15BrN4O2/c14-9-13(1-5-20-6-2-13)17-12(19)10-7-16-18-4-3-15-8-11(10)18/h3-4,7-8H,1-2,5-6,9H2,(H,17,19). The normalized spacial score (nSPS) is 18.1. The molecule has 0 atom stereocenters. The lowest BCUT2D eigenvalue weighted by molar-refractivity contribution is 0.0442. The molecule has 0 saturated carbocycles. The molecule has 106 valence electrons. The number of fused-ring (bicyclic) bond motifs is 1. The Morgan fingerprint density at radius 2 is 2.25 bits per heavy atom. The molecule has 20 heavy (non-hydrogen) atoms. The Morgan fingerprint density at radius 3 is 3.00 bits per heavy atom. The van der Waals surface area contributed by atoms with Gasteiger partial charge < -0.3 is 10.1 Å². The highest BCUT2D eigenvalue weighted by Crippen LogP contribution is 2.24. The topological polar surface area (TPSA) is 68.5 Å². The minimum atomic E-state index is -0.244. The highest BCUT2D eigenvalue weighted by molar-refractivity contribution is 9.09. The van der Waals surface area contributed by atoms with Crippen LogP contribution in [0.15, 0.2) is 24.8 Å². The number of carbonyl (C=O) groups is 1. The van der Waals surface area contributed by atoms with Crippen LogP contribution < -0.4 is 5.32 Å². The number of nitrogens with zero attached hydrogens (tertiary/aromatic N) is 3. The van der Waals surface area contributed by atoms with Gasteiger partial charge in [-0.2, -0.15) is 5.10 Å². The molecule has 3 rings (SSSR count). The second-order valence-electron chi connectivity index (χ2n) is 4.94. The van der Waals surface area contributed by atoms with Gasteiger partial charge in [0.1, 0.15) is 0 Å². The minimum absolute atomic E-state index is 0.116. The zero-order valence-electron chi connectivity index (χ0n) is 10.9. The van der Waals surface area contributed by atoms with Gasteiger partial charge in [0.15, 0.2) is 0 Å². The summed E-state index contributed by atoms with van der Waals surface area (Å²) in [7, 11) is 0. The van der Waals surface area contributed by atoms with E-state index < -0.39 is 0 Å². The van der Waals surface area contributed by atoms with Crippen molar-refractivity contribution in [2.75, 3.05) is 18.5 Å². The fourth-order valence-electron chi connectivity index (χ4n) is 2.37. The average Bonchev–Trinajstić information content (AvgIpc) is 2.92. The van der Waals surface area contributed by atoms with Crippen molar-refractivity contribution in [2.24, 2.45) is 0 Å². The van der Waals surface area contributed by atoms with Gasteiger partial charge in [0.25, 0.3) is 5.91 Å². The molecule has 1 amide bonds. The number of alkyl halides is 1. The molecule has 7 heteroatoms. The predicted octanol–water partition coefficient (Wildman–Crippen LogP) is 1.40. The molecule has 3 heterocycles. The maximum Gasteiger partial charge on any atom is 0.255 e. The molecule has 0 aliphatic carbocycles. The van der Waals surface area contributed by atoms with Gasteiger partial charge in [-0.05, 0) is 12.8 Å². The number of halogens is 1. The molecule has 0 unspecified atom stereocenters. The summed E-state index contributed by atoms with van der Waals surface area (Å²) >= 11 is 3.51. The number of ether oxygens (including phenoxy) is 1. The summed E-state index contributed by atoms with van der Waals surface area (Å²) in [6, 6.07) is 0. The summed E-state index contributed by atoms with van der Waals surface area (Å²) in [4.78, 5) is 16.5. The predicted molar refractivity (Wildman–Crippen MR) is 77.0 cm³/mol. The first-order chi connectivity index (χ1) is 9.74. The molecule has 0 spiro atoms. The smallest absolute Gasteiger partial charge is 0.255 e. The average molecular weight is 339 g/mol. The van der Waals surface area contributed by atoms with Crippen molar-refractivity contribution in [3.63, 3.8) is 0 Å². The Balaban J connectivity index is 1.85. The van der Waals surface area contributed by atoms with E-state index >= 15 is 0 Å². The van der Waals surface area contributed by atoms with Crippen LogP contribution in [0.3, 0.4) is 0 Å². The maximum atomic E-state index is 12.5. The van der Waals surface area contributed by atoms with E-state index in [2.05, 4.69) is 31.3 Å². The van der Waals surface area contributed by atoms with Crippen LogP contribution in [0.25, 0.3) is 5.52 Å². The minimum Gasteiger partial charge on any atom is -0.381 e. The number of hydrogen-bond acceptors (Lipinski definition) is 4. The van der Waals surface area contributed by atoms with Crippen molar-refractivity contribution < 1.29 is 9.53 Å². The van der Waals surface area contributed by atoms with Gasteiger partial charge in [-0.25, -0.2) is 4.52 Å². The summed E-state index contributed by atoms with van der Waals surface area (Å²) in [5, 5.41) is 8.01. The molecule has 1 fully saturated rings. The Kier molecular flexibility index (Phi) is 3.71. The van der Waals surface area contributed by atoms with Crippen molar-refractivity contribution in [3.05, 3.63) is 30.4 Å². The van der Waals surface area contributed by atoms with Crippen LogP contribution in [-0.4, -0.2) is 44.6 Å². The second-order valence-corrected chi connectivity index (χ2v) is 5.51. The molecule has 2 aromatic heterocycles. The molecule has 0 radical (unpaired) electrons. The Labute approximate surface area is 124 Å². The zero-order chi connectivity index (χ0) is 14.0. The molecule has 0 aromatic carbocycles. The maximum absolute atomic E-state index is 12.5. The van der Waals surface area contributed by atoms with Crippen LogP contribution in [0.1, 0.15) is 23.2 Å². The number of aromatic nitrogens is 3. The van der Waals surface area contributed by atoms with Gasteiger partial charge in [-0.3, -0.25) is 9.78 Å². The molecule has 1 N–H and O–H groups in total. The van der Waals surface area contributed by atoms with Gasteiger partial charge in [0.05, 0.1) is 29.0 Å². The van der Waals surface area contributed by atoms with Crippen LogP contribution in [0.5, 0.6) is 0 Å². The van der Waals surface area contributed by atoms with Crippen LogP contribution in [0, 0.1) is 0 Å². The number of carbonyl (C=O) groups excluding carboxylic acids is 1. The zero-order valence-corrected chi connectivity index (χ0v) is 12.5. The fraction of sp³-hybridized carbons (Fsp3) is 0.462. The lowest BCUT2D eigenvalue weighted by Gasteiger charge is -2.36. The third kappa shape index (κ3) is 2.43. The molecule has 0 bridgehead atoms. The second kappa shape index (κ2) is 5.49. The molecule has 1 aliphatic heterocycles. The number of nitrogens with one attached hydrogen (secondary N) is 1. The Bertz CT molecular complexity index is 622. The Morgan fingerprint density at radius 1 is 1.45 bits per heavy atom. The van der Waals surface area contributed by atoms with Gasteiger partial charge >= 0.3 is 0 Å². The SMILES string of the molecule is O=C(NC1(CBr)CCOCC1)c1cnn2ccncc12. The van der Waals surface area contributed by atoms with Crippen molar-refractivity contribution in [3.8, 4) is 0 Å². The van der Waals surface area contributed by atoms with Crippen LogP contribution in [-0.2, 0) is 4.74 Å². The van der Waals surface area contributed by atoms with Crippen molar-refractivity contribution in [1.29, 1.82) is 0 Å². The molecule has 2 aromatic rings. The van der Waals surface area contributed by atoms with Crippen LogP contribution in [0.4, 0.5) is 0 Å². The van der Waals surface area contributed by atoms with E-state index in [1.807, 2.05) is 0 Å². The lowest BCUT2D eigenvalue weighted by Crippen LogP contribution is -2.53. The van der Waals surface area contributed by atoms with Gasteiger partial charge in [0, 0.05) is 30.9 Å². The first-order valence-corrected chi connectivity index (χ1v) is 7.60. The van der Waals surface area contributed by atoms with Crippen molar-refractivity contribution in [2.45, 2.75) is 18.4 Å². The quantitative estimate of drug-likeness (QED) is 0.859.